The molecule has 2 aromatic rings. The number of methoxy groups -OCH3 is 2. The van der Waals surface area contributed by atoms with E-state index >= 15 is 0 Å². The Balaban J connectivity index is 2.68. The van der Waals surface area contributed by atoms with Crippen LogP contribution in [0.2, 0.25) is 5.02 Å². The van der Waals surface area contributed by atoms with Crippen LogP contribution < -0.4 is 13.8 Å². The lowest BCUT2D eigenvalue weighted by molar-refractivity contribution is -0.137. The van der Waals surface area contributed by atoms with Gasteiger partial charge < -0.3 is 14.6 Å². The van der Waals surface area contributed by atoms with E-state index in [-0.39, 0.29) is 20.8 Å². The highest BCUT2D eigenvalue weighted by Crippen LogP contribution is 2.38. The van der Waals surface area contributed by atoms with E-state index in [1.807, 2.05) is 0 Å². The Morgan fingerprint density at radius 2 is 1.72 bits per heavy atom. The van der Waals surface area contributed by atoms with Crippen molar-refractivity contribution in [3.8, 4) is 11.5 Å². The minimum atomic E-state index is -4.79. The van der Waals surface area contributed by atoms with Gasteiger partial charge in [-0.05, 0) is 30.3 Å². The van der Waals surface area contributed by atoms with Crippen molar-refractivity contribution >= 4 is 33.3 Å². The fourth-order valence-electron chi connectivity index (χ4n) is 2.41. The number of sulfonamides is 1. The third kappa shape index (κ3) is 4.85. The quantitative estimate of drug-likeness (QED) is 0.687. The molecule has 158 valence electrons. The van der Waals surface area contributed by atoms with Crippen molar-refractivity contribution in [1.82, 2.24) is 0 Å². The van der Waals surface area contributed by atoms with Crippen molar-refractivity contribution in [2.75, 3.05) is 25.1 Å². The topological polar surface area (TPSA) is 93.1 Å². The number of ether oxygens (including phenoxy) is 2. The zero-order valence-corrected chi connectivity index (χ0v) is 16.6. The van der Waals surface area contributed by atoms with Crippen molar-refractivity contribution in [1.29, 1.82) is 0 Å². The van der Waals surface area contributed by atoms with Gasteiger partial charge >= 0.3 is 12.1 Å². The summed E-state index contributed by atoms with van der Waals surface area (Å²) >= 11 is 5.91. The van der Waals surface area contributed by atoms with E-state index in [4.69, 9.17) is 26.2 Å². The molecule has 0 aliphatic rings. The Morgan fingerprint density at radius 3 is 2.24 bits per heavy atom. The van der Waals surface area contributed by atoms with Crippen molar-refractivity contribution < 1.29 is 41.0 Å². The van der Waals surface area contributed by atoms with Gasteiger partial charge in [-0.3, -0.25) is 9.10 Å². The molecule has 0 aromatic heterocycles. The Bertz CT molecular complexity index is 1030. The molecule has 0 bridgehead atoms. The molecule has 0 saturated carbocycles. The molecular weight excluding hydrogens is 439 g/mol. The number of halogens is 4. The summed E-state index contributed by atoms with van der Waals surface area (Å²) in [5, 5.41) is 8.77. The fourth-order valence-corrected chi connectivity index (χ4v) is 4.12. The number of aliphatic carboxylic acids is 1. The largest absolute Gasteiger partial charge is 0.493 e. The van der Waals surface area contributed by atoms with Gasteiger partial charge in [0.05, 0.1) is 35.4 Å². The standard InChI is InChI=1S/C17H15ClF3NO6S/c1-27-14-6-4-11(8-15(14)28-2)29(25,26)22(9-16(23)24)13-7-10(17(19,20)21)3-5-12(13)18/h3-8H,9H2,1-2H3,(H,23,24). The van der Waals surface area contributed by atoms with Crippen LogP contribution in [-0.2, 0) is 21.0 Å². The van der Waals surface area contributed by atoms with Gasteiger partial charge in [-0.25, -0.2) is 8.42 Å². The van der Waals surface area contributed by atoms with Gasteiger partial charge in [0.2, 0.25) is 0 Å². The van der Waals surface area contributed by atoms with Gasteiger partial charge in [0.1, 0.15) is 6.54 Å². The van der Waals surface area contributed by atoms with Crippen molar-refractivity contribution in [2.45, 2.75) is 11.1 Å². The lowest BCUT2D eigenvalue weighted by Gasteiger charge is -2.25. The zero-order chi connectivity index (χ0) is 22.0. The molecular formula is C17H15ClF3NO6S. The summed E-state index contributed by atoms with van der Waals surface area (Å²) in [6.45, 7) is -1.16. The summed E-state index contributed by atoms with van der Waals surface area (Å²) in [7, 11) is -2.04. The van der Waals surface area contributed by atoms with Crippen LogP contribution >= 0.6 is 11.6 Å². The second-order valence-corrected chi connectivity index (χ2v) is 7.86. The molecule has 0 saturated heterocycles. The molecule has 0 atom stereocenters. The highest BCUT2D eigenvalue weighted by molar-refractivity contribution is 7.92. The van der Waals surface area contributed by atoms with Crippen molar-refractivity contribution in [3.63, 3.8) is 0 Å². The number of carboxylic acid groups (broad SMARTS) is 1. The lowest BCUT2D eigenvalue weighted by Crippen LogP contribution is -2.36. The second kappa shape index (κ2) is 8.37. The highest BCUT2D eigenvalue weighted by Gasteiger charge is 2.34. The third-order valence-electron chi connectivity index (χ3n) is 3.76. The smallest absolute Gasteiger partial charge is 0.416 e. The van der Waals surface area contributed by atoms with Crippen LogP contribution in [0.1, 0.15) is 5.56 Å². The number of benzene rings is 2. The van der Waals surface area contributed by atoms with E-state index in [0.29, 0.717) is 12.1 Å². The summed E-state index contributed by atoms with van der Waals surface area (Å²) in [5.41, 5.74) is -1.81. The van der Waals surface area contributed by atoms with Gasteiger partial charge in [0, 0.05) is 6.07 Å². The van der Waals surface area contributed by atoms with Crippen LogP contribution in [-0.4, -0.2) is 40.3 Å². The molecule has 2 aromatic carbocycles. The minimum absolute atomic E-state index is 0.0268. The van der Waals surface area contributed by atoms with E-state index in [1.165, 1.54) is 20.3 Å². The molecule has 0 aliphatic heterocycles. The normalized spacial score (nSPS) is 11.8. The number of carboxylic acids is 1. The number of rotatable bonds is 7. The summed E-state index contributed by atoms with van der Waals surface area (Å²) in [5.74, 6) is -1.37. The summed E-state index contributed by atoms with van der Waals surface area (Å²) in [4.78, 5) is 10.8. The predicted molar refractivity (Wildman–Crippen MR) is 98.2 cm³/mol. The molecule has 12 heteroatoms. The molecule has 0 spiro atoms. The van der Waals surface area contributed by atoms with E-state index in [2.05, 4.69) is 0 Å². The lowest BCUT2D eigenvalue weighted by atomic mass is 10.2. The molecule has 0 radical (unpaired) electrons. The zero-order valence-electron chi connectivity index (χ0n) is 15.0. The monoisotopic (exact) mass is 453 g/mol. The van der Waals surface area contributed by atoms with Gasteiger partial charge in [-0.15, -0.1) is 0 Å². The summed E-state index contributed by atoms with van der Waals surface area (Å²) in [6, 6.07) is 5.41. The first-order valence-corrected chi connectivity index (χ1v) is 9.57. The Hall–Kier alpha value is -2.66. The molecule has 0 amide bonds. The molecule has 1 N–H and O–H groups in total. The predicted octanol–water partition coefficient (Wildman–Crippen LogP) is 3.66. The average Bonchev–Trinajstić information content (AvgIpc) is 2.64. The Morgan fingerprint density at radius 1 is 1.10 bits per heavy atom. The van der Waals surface area contributed by atoms with E-state index in [9.17, 15) is 26.4 Å². The molecule has 7 nitrogen and oxygen atoms in total. The first kappa shape index (κ1) is 22.6. The molecule has 0 heterocycles. The van der Waals surface area contributed by atoms with E-state index < -0.39 is 44.9 Å². The average molecular weight is 454 g/mol. The third-order valence-corrected chi connectivity index (χ3v) is 5.84. The first-order chi connectivity index (χ1) is 13.4. The fraction of sp³-hybridized carbons (Fsp3) is 0.235. The minimum Gasteiger partial charge on any atom is -0.493 e. The molecule has 0 fully saturated rings. The number of anilines is 1. The Labute approximate surface area is 169 Å². The number of carbonyl (C=O) groups is 1. The van der Waals surface area contributed by atoms with E-state index in [1.54, 1.807) is 0 Å². The van der Waals surface area contributed by atoms with Gasteiger partial charge in [0.15, 0.2) is 11.5 Å². The Kier molecular flexibility index (Phi) is 6.53. The molecule has 2 rings (SSSR count). The number of hydrogen-bond acceptors (Lipinski definition) is 5. The first-order valence-electron chi connectivity index (χ1n) is 7.75. The maximum Gasteiger partial charge on any atom is 0.416 e. The maximum absolute atomic E-state index is 13.1. The van der Waals surface area contributed by atoms with Gasteiger partial charge in [0.25, 0.3) is 10.0 Å². The van der Waals surface area contributed by atoms with Crippen LogP contribution in [0.4, 0.5) is 18.9 Å². The number of alkyl halides is 3. The number of nitrogens with zero attached hydrogens (tertiary/aromatic N) is 1. The maximum atomic E-state index is 13.1. The SMILES string of the molecule is COc1ccc(S(=O)(=O)N(CC(=O)O)c2cc(C(F)(F)F)ccc2Cl)cc1OC. The number of hydrogen-bond donors (Lipinski definition) is 1. The van der Waals surface area contributed by atoms with Gasteiger partial charge in [-0.2, -0.15) is 13.2 Å². The van der Waals surface area contributed by atoms with Crippen LogP contribution in [0.15, 0.2) is 41.3 Å². The molecule has 29 heavy (non-hydrogen) atoms. The second-order valence-electron chi connectivity index (χ2n) is 5.59. The van der Waals surface area contributed by atoms with Crippen LogP contribution in [0, 0.1) is 0 Å². The molecule has 0 unspecified atom stereocenters. The van der Waals surface area contributed by atoms with Crippen molar-refractivity contribution in [3.05, 3.63) is 47.0 Å². The van der Waals surface area contributed by atoms with Gasteiger partial charge in [-0.1, -0.05) is 11.6 Å². The molecule has 0 aliphatic carbocycles. The van der Waals surface area contributed by atoms with Crippen LogP contribution in [0.5, 0.6) is 11.5 Å². The van der Waals surface area contributed by atoms with Crippen molar-refractivity contribution in [2.24, 2.45) is 0 Å². The summed E-state index contributed by atoms with van der Waals surface area (Å²) < 4.78 is 75.7. The van der Waals surface area contributed by atoms with Crippen LogP contribution in [0.25, 0.3) is 0 Å². The van der Waals surface area contributed by atoms with Crippen LogP contribution in [0.3, 0.4) is 0 Å². The highest BCUT2D eigenvalue weighted by atomic mass is 35.5. The van der Waals surface area contributed by atoms with E-state index in [0.717, 1.165) is 18.2 Å². The summed E-state index contributed by atoms with van der Waals surface area (Å²) in [6.07, 6.45) is -4.79.